The van der Waals surface area contributed by atoms with Gasteiger partial charge in [0.15, 0.2) is 0 Å². The molecule has 5 rings (SSSR count). The molecule has 0 bridgehead atoms. The van der Waals surface area contributed by atoms with E-state index in [0.717, 1.165) is 42.9 Å². The Morgan fingerprint density at radius 2 is 1.58 bits per heavy atom. The molecule has 9 unspecified atom stereocenters. The maximum atomic E-state index is 12.2. The van der Waals surface area contributed by atoms with Gasteiger partial charge in [-0.25, -0.2) is 0 Å². The molecule has 0 aliphatic heterocycles. The SMILES string of the molecule is CC.CC1C2C3=CCC4C(CCC5C4CCC(O)C5(C)C)C3CCC2([C-]=O)CC[C@H]1C.[CH3-].[U+2]. The Hall–Kier alpha value is 0.422. The average molecular weight is 681 g/mol. The summed E-state index contributed by atoms with van der Waals surface area (Å²) in [6, 6.07) is 0. The Morgan fingerprint density at radius 3 is 2.24 bits per heavy atom. The number of allylic oxidation sites excluding steroid dienone is 2. The van der Waals surface area contributed by atoms with Crippen LogP contribution in [0.15, 0.2) is 11.6 Å². The third-order valence-corrected chi connectivity index (χ3v) is 11.1. The molecule has 5 aliphatic rings. The Labute approximate surface area is 228 Å². The second-order valence-electron chi connectivity index (χ2n) is 12.3. The summed E-state index contributed by atoms with van der Waals surface area (Å²) < 4.78 is 0. The second-order valence-corrected chi connectivity index (χ2v) is 12.3. The van der Waals surface area contributed by atoms with Crippen molar-refractivity contribution in [2.45, 2.75) is 105 Å². The fourth-order valence-electron chi connectivity index (χ4n) is 9.20. The number of aliphatic hydroxyl groups excluding tert-OH is 1. The van der Waals surface area contributed by atoms with Crippen LogP contribution in [0, 0.1) is 96.7 Å². The fourth-order valence-corrected chi connectivity index (χ4v) is 9.20. The standard InChI is InChI=1S/C27H41O2.C2H6.CH3.U/c1-16-11-13-27(15-28)14-12-20-18-7-9-23-21(8-10-24(29)26(23,3)4)19(18)5-6-22(20)25(27)17(16)2;1-2;;/h6,16-21,23-25,29H,5,7-14H2,1-4H3;1-2H3;1H3;/q-1;;-1;+2/t16-,17?,18?,19?,20?,21?,23?,24?,25?,27?;;;/m1.../s1. The van der Waals surface area contributed by atoms with Crippen LogP contribution in [0.3, 0.4) is 0 Å². The molecule has 0 saturated heterocycles. The van der Waals surface area contributed by atoms with Crippen molar-refractivity contribution in [2.24, 2.45) is 58.2 Å². The minimum absolute atomic E-state index is 0. The van der Waals surface area contributed by atoms with Gasteiger partial charge in [0.05, 0.1) is 6.10 Å². The van der Waals surface area contributed by atoms with Gasteiger partial charge in [0.2, 0.25) is 0 Å². The van der Waals surface area contributed by atoms with Crippen LogP contribution in [0.2, 0.25) is 0 Å². The first-order valence-corrected chi connectivity index (χ1v) is 13.6. The Kier molecular flexibility index (Phi) is 10.1. The van der Waals surface area contributed by atoms with Gasteiger partial charge >= 0.3 is 31.1 Å². The quantitative estimate of drug-likeness (QED) is 0.231. The molecule has 186 valence electrons. The van der Waals surface area contributed by atoms with Gasteiger partial charge in [-0.2, -0.15) is 0 Å². The zero-order chi connectivity index (χ0) is 22.6. The Bertz CT molecular complexity index is 699. The number of aliphatic hydroxyl groups is 1. The van der Waals surface area contributed by atoms with Gasteiger partial charge in [0.1, 0.15) is 0 Å². The molecule has 4 saturated carbocycles. The minimum Gasteiger partial charge on any atom is -0.541 e. The summed E-state index contributed by atoms with van der Waals surface area (Å²) in [5, 5.41) is 10.6. The van der Waals surface area contributed by atoms with Crippen LogP contribution in [0.1, 0.15) is 99.3 Å². The van der Waals surface area contributed by atoms with Crippen LogP contribution < -0.4 is 0 Å². The summed E-state index contributed by atoms with van der Waals surface area (Å²) in [5.74, 6) is 5.58. The fraction of sp³-hybridized carbons (Fsp3) is 0.867. The Balaban J connectivity index is 0.000000939. The molecule has 0 aromatic carbocycles. The predicted octanol–water partition coefficient (Wildman–Crippen LogP) is 7.42. The molecule has 3 heteroatoms. The number of rotatable bonds is 1. The predicted molar refractivity (Wildman–Crippen MR) is 135 cm³/mol. The molecule has 1 N–H and O–H groups in total. The van der Waals surface area contributed by atoms with Gasteiger partial charge in [-0.3, -0.25) is 6.29 Å². The van der Waals surface area contributed by atoms with Crippen molar-refractivity contribution in [3.63, 3.8) is 0 Å². The van der Waals surface area contributed by atoms with Crippen molar-refractivity contribution in [3.05, 3.63) is 19.1 Å². The molecule has 10 atom stereocenters. The van der Waals surface area contributed by atoms with Gasteiger partial charge in [-0.1, -0.05) is 72.5 Å². The van der Waals surface area contributed by atoms with Crippen LogP contribution >= 0.6 is 0 Å². The summed E-state index contributed by atoms with van der Waals surface area (Å²) in [4.78, 5) is 12.2. The molecule has 0 spiro atoms. The van der Waals surface area contributed by atoms with Crippen molar-refractivity contribution < 1.29 is 41.0 Å². The third-order valence-electron chi connectivity index (χ3n) is 11.1. The van der Waals surface area contributed by atoms with E-state index in [2.05, 4.69) is 40.1 Å². The van der Waals surface area contributed by atoms with Gasteiger partial charge in [-0.05, 0) is 91.3 Å². The van der Waals surface area contributed by atoms with Gasteiger partial charge in [0, 0.05) is 0 Å². The normalized spacial score (nSPS) is 47.2. The average Bonchev–Trinajstić information content (AvgIpc) is 2.79. The van der Waals surface area contributed by atoms with Crippen LogP contribution in [-0.4, -0.2) is 17.5 Å². The van der Waals surface area contributed by atoms with E-state index in [1.807, 2.05) is 13.8 Å². The maximum absolute atomic E-state index is 12.2. The first kappa shape index (κ1) is 29.7. The van der Waals surface area contributed by atoms with E-state index in [4.69, 9.17) is 0 Å². The molecule has 0 aromatic rings. The molecule has 0 radical (unpaired) electrons. The van der Waals surface area contributed by atoms with Crippen LogP contribution in [-0.2, 0) is 4.79 Å². The number of hydrogen-bond donors (Lipinski definition) is 1. The summed E-state index contributed by atoms with van der Waals surface area (Å²) >= 11 is 0. The van der Waals surface area contributed by atoms with Crippen LogP contribution in [0.25, 0.3) is 0 Å². The van der Waals surface area contributed by atoms with Crippen LogP contribution in [0.4, 0.5) is 0 Å². The van der Waals surface area contributed by atoms with E-state index in [0.29, 0.717) is 23.7 Å². The van der Waals surface area contributed by atoms with E-state index < -0.39 is 0 Å². The topological polar surface area (TPSA) is 37.3 Å². The smallest absolute Gasteiger partial charge is 0.541 e. The van der Waals surface area contributed by atoms with Gasteiger partial charge in [-0.15, -0.1) is 5.41 Å². The largest absolute Gasteiger partial charge is 2.00 e. The summed E-state index contributed by atoms with van der Waals surface area (Å²) in [7, 11) is 0. The zero-order valence-corrected chi connectivity index (χ0v) is 26.7. The number of fused-ring (bicyclic) bond motifs is 7. The van der Waals surface area contributed by atoms with Crippen molar-refractivity contribution in [2.75, 3.05) is 0 Å². The maximum Gasteiger partial charge on any atom is 2.00 e. The van der Waals surface area contributed by atoms with E-state index >= 15 is 0 Å². The number of hydrogen-bond acceptors (Lipinski definition) is 2. The molecular formula is C30H50O2U. The molecular weight excluding hydrogens is 630 g/mol. The summed E-state index contributed by atoms with van der Waals surface area (Å²) in [6.45, 7) is 13.4. The molecule has 4 fully saturated rings. The van der Waals surface area contributed by atoms with E-state index in [1.54, 1.807) is 5.57 Å². The molecule has 0 heterocycles. The number of carbonyl (C=O) groups excluding carboxylic acids is 1. The zero-order valence-electron chi connectivity index (χ0n) is 22.5. The van der Waals surface area contributed by atoms with E-state index in [1.165, 1.54) is 38.5 Å². The first-order valence-electron chi connectivity index (χ1n) is 13.6. The van der Waals surface area contributed by atoms with E-state index in [9.17, 15) is 9.90 Å². The molecule has 0 aromatic heterocycles. The minimum atomic E-state index is -0.185. The van der Waals surface area contributed by atoms with Gasteiger partial charge < -0.3 is 17.3 Å². The summed E-state index contributed by atoms with van der Waals surface area (Å²) in [6.07, 6.45) is 15.7. The van der Waals surface area contributed by atoms with E-state index in [-0.39, 0.29) is 55.5 Å². The second kappa shape index (κ2) is 11.2. The molecule has 5 aliphatic carbocycles. The van der Waals surface area contributed by atoms with Crippen molar-refractivity contribution in [3.8, 4) is 0 Å². The molecule has 2 nitrogen and oxygen atoms in total. The summed E-state index contributed by atoms with van der Waals surface area (Å²) in [5.41, 5.74) is 1.56. The van der Waals surface area contributed by atoms with Gasteiger partial charge in [0.25, 0.3) is 0 Å². The van der Waals surface area contributed by atoms with Crippen molar-refractivity contribution in [1.82, 2.24) is 0 Å². The first-order chi connectivity index (χ1) is 14.8. The van der Waals surface area contributed by atoms with Crippen LogP contribution in [0.5, 0.6) is 0 Å². The monoisotopic (exact) mass is 680 g/mol. The Morgan fingerprint density at radius 1 is 0.939 bits per heavy atom. The molecule has 33 heavy (non-hydrogen) atoms. The molecule has 0 amide bonds. The van der Waals surface area contributed by atoms with Crippen molar-refractivity contribution in [1.29, 1.82) is 0 Å². The van der Waals surface area contributed by atoms with Crippen molar-refractivity contribution >= 4 is 6.29 Å². The third kappa shape index (κ3) is 4.64.